The molecule has 0 spiro atoms. The van der Waals surface area contributed by atoms with Gasteiger partial charge in [0.15, 0.2) is 20.7 Å². The van der Waals surface area contributed by atoms with Gasteiger partial charge in [0, 0.05) is 0 Å². The van der Waals surface area contributed by atoms with E-state index >= 15 is 0 Å². The van der Waals surface area contributed by atoms with E-state index in [2.05, 4.69) is 38.6 Å². The summed E-state index contributed by atoms with van der Waals surface area (Å²) in [5.74, 6) is 0. The van der Waals surface area contributed by atoms with Crippen LogP contribution in [0.4, 0.5) is 4.79 Å². The van der Waals surface area contributed by atoms with Crippen molar-refractivity contribution in [3.63, 3.8) is 0 Å². The van der Waals surface area contributed by atoms with E-state index < -0.39 is 20.5 Å². The smallest absolute Gasteiger partial charge is 0.405 e. The summed E-state index contributed by atoms with van der Waals surface area (Å²) >= 11 is 0. The van der Waals surface area contributed by atoms with Gasteiger partial charge in [0.05, 0.1) is 6.61 Å². The van der Waals surface area contributed by atoms with Crippen molar-refractivity contribution < 1.29 is 18.8 Å². The second-order valence-corrected chi connectivity index (χ2v) is 9.99. The van der Waals surface area contributed by atoms with Gasteiger partial charge < -0.3 is 14.9 Å². The number of carbonyl (C=O) groups excluding carboxylic acids is 2. The average molecular weight is 247 g/mol. The summed E-state index contributed by atoms with van der Waals surface area (Å²) in [5, 5.41) is 0.0488. The molecule has 2 N–H and O–H groups in total. The summed E-state index contributed by atoms with van der Waals surface area (Å²) in [5.41, 5.74) is 4.83. The Morgan fingerprint density at radius 1 is 1.44 bits per heavy atom. The summed E-state index contributed by atoms with van der Waals surface area (Å²) in [6.45, 7) is 10.4. The number of nitrogens with two attached hydrogens (primary N) is 1. The lowest BCUT2D eigenvalue weighted by Crippen LogP contribution is -2.43. The van der Waals surface area contributed by atoms with Crippen LogP contribution in [0.1, 0.15) is 20.8 Å². The molecule has 0 rings (SSSR count). The lowest BCUT2D eigenvalue weighted by Gasteiger charge is -2.36. The first-order valence-corrected chi connectivity index (χ1v) is 8.06. The van der Waals surface area contributed by atoms with Crippen molar-refractivity contribution in [3.8, 4) is 0 Å². The fourth-order valence-electron chi connectivity index (χ4n) is 0.757. The van der Waals surface area contributed by atoms with Gasteiger partial charge in [-0.15, -0.1) is 0 Å². The van der Waals surface area contributed by atoms with Crippen LogP contribution in [0.15, 0.2) is 0 Å². The highest BCUT2D eigenvalue weighted by atomic mass is 28.4. The van der Waals surface area contributed by atoms with Crippen LogP contribution in [-0.2, 0) is 14.0 Å². The zero-order valence-electron chi connectivity index (χ0n) is 10.6. The van der Waals surface area contributed by atoms with Crippen LogP contribution in [0.2, 0.25) is 18.1 Å². The van der Waals surface area contributed by atoms with Crippen molar-refractivity contribution in [2.24, 2.45) is 5.73 Å². The topological polar surface area (TPSA) is 78.6 Å². The molecule has 0 aliphatic heterocycles. The molecule has 1 amide bonds. The minimum atomic E-state index is -1.93. The van der Waals surface area contributed by atoms with Gasteiger partial charge >= 0.3 is 6.09 Å². The summed E-state index contributed by atoms with van der Waals surface area (Å²) < 4.78 is 10.3. The van der Waals surface area contributed by atoms with Gasteiger partial charge in [0.1, 0.15) is 0 Å². The van der Waals surface area contributed by atoms with Crippen molar-refractivity contribution in [2.75, 3.05) is 6.61 Å². The van der Waals surface area contributed by atoms with Crippen molar-refractivity contribution in [1.82, 2.24) is 0 Å². The van der Waals surface area contributed by atoms with E-state index in [-0.39, 0.29) is 11.6 Å². The van der Waals surface area contributed by atoms with E-state index in [1.54, 1.807) is 0 Å². The number of hydrogen-bond donors (Lipinski definition) is 1. The first-order chi connectivity index (χ1) is 7.10. The Morgan fingerprint density at radius 2 is 1.94 bits per heavy atom. The number of primary amides is 1. The van der Waals surface area contributed by atoms with Gasteiger partial charge in [0.25, 0.3) is 0 Å². The molecule has 0 aliphatic rings. The monoisotopic (exact) mass is 247 g/mol. The quantitative estimate of drug-likeness (QED) is 0.592. The summed E-state index contributed by atoms with van der Waals surface area (Å²) in [4.78, 5) is 21.1. The molecule has 0 saturated carbocycles. The lowest BCUT2D eigenvalue weighted by atomic mass is 10.2. The largest absolute Gasteiger partial charge is 0.436 e. The Kier molecular flexibility index (Phi) is 5.15. The van der Waals surface area contributed by atoms with Crippen LogP contribution in [-0.4, -0.2) is 33.4 Å². The van der Waals surface area contributed by atoms with E-state index in [0.717, 1.165) is 0 Å². The van der Waals surface area contributed by atoms with Gasteiger partial charge in [-0.1, -0.05) is 20.8 Å². The van der Waals surface area contributed by atoms with Crippen LogP contribution in [0.5, 0.6) is 0 Å². The molecular formula is C10H21NO4Si. The number of rotatable bonds is 5. The predicted octanol–water partition coefficient (Wildman–Crippen LogP) is 1.67. The van der Waals surface area contributed by atoms with Gasteiger partial charge in [-0.2, -0.15) is 0 Å². The second kappa shape index (κ2) is 5.45. The molecule has 0 aromatic rings. The third-order valence-electron chi connectivity index (χ3n) is 2.83. The lowest BCUT2D eigenvalue weighted by molar-refractivity contribution is -0.116. The molecule has 0 aliphatic carbocycles. The third-order valence-corrected chi connectivity index (χ3v) is 7.33. The number of carbonyl (C=O) groups is 2. The number of hydrogen-bond acceptors (Lipinski definition) is 4. The highest BCUT2D eigenvalue weighted by Gasteiger charge is 2.37. The summed E-state index contributed by atoms with van der Waals surface area (Å²) in [6.07, 6.45) is -1.35. The highest BCUT2D eigenvalue weighted by molar-refractivity contribution is 6.74. The minimum absolute atomic E-state index is 0.0488. The Balaban J connectivity index is 4.31. The molecule has 1 unspecified atom stereocenters. The molecule has 0 fully saturated rings. The van der Waals surface area contributed by atoms with Crippen molar-refractivity contribution >= 4 is 20.7 Å². The molecule has 5 nitrogen and oxygen atoms in total. The minimum Gasteiger partial charge on any atom is -0.436 e. The molecule has 0 bridgehead atoms. The Morgan fingerprint density at radius 3 is 2.25 bits per heavy atom. The molecule has 0 aromatic carbocycles. The van der Waals surface area contributed by atoms with Crippen LogP contribution in [0.3, 0.4) is 0 Å². The maximum Gasteiger partial charge on any atom is 0.405 e. The van der Waals surface area contributed by atoms with Crippen molar-refractivity contribution in [3.05, 3.63) is 0 Å². The maximum atomic E-state index is 10.6. The molecule has 0 aromatic heterocycles. The number of amides is 1. The van der Waals surface area contributed by atoms with Gasteiger partial charge in [0.2, 0.25) is 0 Å². The van der Waals surface area contributed by atoms with Gasteiger partial charge in [-0.25, -0.2) is 4.79 Å². The molecule has 1 atom stereocenters. The van der Waals surface area contributed by atoms with Crippen LogP contribution in [0.25, 0.3) is 0 Å². The van der Waals surface area contributed by atoms with Crippen LogP contribution < -0.4 is 5.73 Å². The molecule has 0 saturated heterocycles. The van der Waals surface area contributed by atoms with Crippen molar-refractivity contribution in [2.45, 2.75) is 45.0 Å². The third kappa shape index (κ3) is 4.76. The fourth-order valence-corrected chi connectivity index (χ4v) is 1.77. The predicted molar refractivity (Wildman–Crippen MR) is 63.7 cm³/mol. The van der Waals surface area contributed by atoms with Crippen LogP contribution >= 0.6 is 0 Å². The Bertz CT molecular complexity index is 260. The first-order valence-electron chi connectivity index (χ1n) is 5.15. The zero-order valence-corrected chi connectivity index (χ0v) is 11.6. The zero-order chi connectivity index (χ0) is 13.0. The van der Waals surface area contributed by atoms with E-state index in [0.29, 0.717) is 6.29 Å². The molecular weight excluding hydrogens is 226 g/mol. The van der Waals surface area contributed by atoms with E-state index in [4.69, 9.17) is 10.2 Å². The van der Waals surface area contributed by atoms with Gasteiger partial charge in [-0.3, -0.25) is 4.79 Å². The second-order valence-electron chi connectivity index (χ2n) is 5.18. The maximum absolute atomic E-state index is 10.6. The average Bonchev–Trinajstić information content (AvgIpc) is 2.09. The van der Waals surface area contributed by atoms with Crippen LogP contribution in [0, 0.1) is 0 Å². The van der Waals surface area contributed by atoms with E-state index in [9.17, 15) is 9.59 Å². The standard InChI is InChI=1S/C10H21NO4Si/c1-10(2,3)16(4,5)14-7-8(6-12)15-9(11)13/h6,8H,7H2,1-5H3,(H2,11,13). The van der Waals surface area contributed by atoms with Crippen molar-refractivity contribution in [1.29, 1.82) is 0 Å². The first kappa shape index (κ1) is 15.1. The highest BCUT2D eigenvalue weighted by Crippen LogP contribution is 2.36. The SMILES string of the molecule is CC(C)(C)[Si](C)(C)OCC(C=O)OC(N)=O. The molecule has 0 heterocycles. The Labute approximate surface area is 97.4 Å². The normalized spacial score (nSPS) is 14.3. The number of ether oxygens (including phenoxy) is 1. The van der Waals surface area contributed by atoms with E-state index in [1.165, 1.54) is 0 Å². The summed E-state index contributed by atoms with van der Waals surface area (Å²) in [6, 6.07) is 0. The molecule has 94 valence electrons. The number of aldehydes is 1. The van der Waals surface area contributed by atoms with Gasteiger partial charge in [-0.05, 0) is 18.1 Å². The van der Waals surface area contributed by atoms with E-state index in [1.807, 2.05) is 0 Å². The fraction of sp³-hybridized carbons (Fsp3) is 0.800. The molecule has 16 heavy (non-hydrogen) atoms. The summed E-state index contributed by atoms with van der Waals surface area (Å²) in [7, 11) is -1.93. The molecule has 0 radical (unpaired) electrons. The molecule has 6 heteroatoms. The Hall–Kier alpha value is -0.883.